The first-order chi connectivity index (χ1) is 14.9. The average Bonchev–Trinajstić information content (AvgIpc) is 3.32. The summed E-state index contributed by atoms with van der Waals surface area (Å²) in [6, 6.07) is 13.0. The summed E-state index contributed by atoms with van der Waals surface area (Å²) in [4.78, 5) is 25.2. The van der Waals surface area contributed by atoms with Gasteiger partial charge in [-0.2, -0.15) is 5.10 Å². The van der Waals surface area contributed by atoms with Crippen LogP contribution in [-0.4, -0.2) is 27.8 Å². The van der Waals surface area contributed by atoms with Crippen molar-refractivity contribution in [3.8, 4) is 5.69 Å². The second-order valence-corrected chi connectivity index (χ2v) is 7.74. The van der Waals surface area contributed by atoms with E-state index in [4.69, 9.17) is 0 Å². The molecular weight excluding hydrogens is 397 g/mol. The van der Waals surface area contributed by atoms with Crippen molar-refractivity contribution in [2.24, 2.45) is 0 Å². The highest BCUT2D eigenvalue weighted by molar-refractivity contribution is 6.07. The van der Waals surface area contributed by atoms with Gasteiger partial charge in [0.25, 0.3) is 5.91 Å². The summed E-state index contributed by atoms with van der Waals surface area (Å²) >= 11 is 0. The van der Waals surface area contributed by atoms with Gasteiger partial charge in [-0.1, -0.05) is 24.3 Å². The Morgan fingerprint density at radius 2 is 1.68 bits per heavy atom. The zero-order valence-corrected chi connectivity index (χ0v) is 17.4. The van der Waals surface area contributed by atoms with Gasteiger partial charge in [0.2, 0.25) is 0 Å². The fourth-order valence-electron chi connectivity index (χ4n) is 3.75. The van der Waals surface area contributed by atoms with E-state index >= 15 is 0 Å². The molecule has 3 amide bonds. The predicted molar refractivity (Wildman–Crippen MR) is 117 cm³/mol. The third-order valence-electron chi connectivity index (χ3n) is 5.07. The monoisotopic (exact) mass is 421 g/mol. The van der Waals surface area contributed by atoms with Crippen LogP contribution in [0.1, 0.15) is 42.0 Å². The van der Waals surface area contributed by atoms with Crippen molar-refractivity contribution in [3.63, 3.8) is 0 Å². The van der Waals surface area contributed by atoms with E-state index in [1.165, 1.54) is 10.7 Å². The second kappa shape index (κ2) is 8.59. The fourth-order valence-corrected chi connectivity index (χ4v) is 3.75. The van der Waals surface area contributed by atoms with Gasteiger partial charge in [0.15, 0.2) is 5.69 Å². The molecule has 0 saturated heterocycles. The molecule has 8 heteroatoms. The lowest BCUT2D eigenvalue weighted by Gasteiger charge is -2.14. The number of nitrogens with one attached hydrogen (secondary N) is 3. The minimum atomic E-state index is -0.397. The summed E-state index contributed by atoms with van der Waals surface area (Å²) in [7, 11) is 0. The molecule has 160 valence electrons. The molecule has 3 aromatic rings. The first-order valence-electron chi connectivity index (χ1n) is 10.3. The minimum absolute atomic E-state index is 0.0216. The van der Waals surface area contributed by atoms with Crippen molar-refractivity contribution in [2.75, 3.05) is 10.6 Å². The average molecular weight is 421 g/mol. The van der Waals surface area contributed by atoms with E-state index in [-0.39, 0.29) is 17.8 Å². The van der Waals surface area contributed by atoms with E-state index < -0.39 is 11.7 Å². The Bertz CT molecular complexity index is 1140. The van der Waals surface area contributed by atoms with Crippen molar-refractivity contribution >= 4 is 23.3 Å². The summed E-state index contributed by atoms with van der Waals surface area (Å²) in [5.41, 5.74) is 3.23. The van der Waals surface area contributed by atoms with Crippen molar-refractivity contribution in [1.82, 2.24) is 15.1 Å². The van der Waals surface area contributed by atoms with Gasteiger partial charge < -0.3 is 16.0 Å². The van der Waals surface area contributed by atoms with Crippen LogP contribution in [0.3, 0.4) is 0 Å². The van der Waals surface area contributed by atoms with Crippen LogP contribution in [0, 0.1) is 5.82 Å². The Morgan fingerprint density at radius 3 is 2.39 bits per heavy atom. The number of aromatic nitrogens is 2. The van der Waals surface area contributed by atoms with E-state index in [0.717, 1.165) is 24.1 Å². The van der Waals surface area contributed by atoms with Gasteiger partial charge in [0.05, 0.1) is 11.4 Å². The fraction of sp³-hybridized carbons (Fsp3) is 0.261. The van der Waals surface area contributed by atoms with Crippen LogP contribution in [0.25, 0.3) is 5.69 Å². The predicted octanol–water partition coefficient (Wildman–Crippen LogP) is 4.28. The number of urea groups is 1. The number of rotatable bonds is 5. The van der Waals surface area contributed by atoms with Gasteiger partial charge in [0.1, 0.15) is 11.5 Å². The molecule has 0 radical (unpaired) electrons. The molecule has 2 aromatic carbocycles. The smallest absolute Gasteiger partial charge is 0.319 e. The maximum Gasteiger partial charge on any atom is 0.319 e. The Kier molecular flexibility index (Phi) is 5.70. The number of hydrogen-bond acceptors (Lipinski definition) is 3. The number of nitrogens with zero attached hydrogens (tertiary/aromatic N) is 2. The molecule has 1 aromatic heterocycles. The SMILES string of the molecule is CC(C)NC(=O)Nc1ccccc1NC(=O)c1nn(-c2ccccc2F)c2c1CCC2. The molecule has 31 heavy (non-hydrogen) atoms. The normalized spacial score (nSPS) is 12.5. The molecule has 3 N–H and O–H groups in total. The second-order valence-electron chi connectivity index (χ2n) is 7.74. The van der Waals surface area contributed by atoms with Crippen molar-refractivity contribution in [3.05, 3.63) is 71.3 Å². The summed E-state index contributed by atoms with van der Waals surface area (Å²) in [6.45, 7) is 3.72. The highest BCUT2D eigenvalue weighted by Crippen LogP contribution is 2.30. The molecular formula is C23H24FN5O2. The quantitative estimate of drug-likeness (QED) is 0.575. The molecule has 0 spiro atoms. The van der Waals surface area contributed by atoms with Gasteiger partial charge in [-0.25, -0.2) is 13.9 Å². The molecule has 0 fully saturated rings. The number of carbonyl (C=O) groups is 2. The molecule has 1 heterocycles. The van der Waals surface area contributed by atoms with Crippen LogP contribution < -0.4 is 16.0 Å². The number of halogens is 1. The van der Waals surface area contributed by atoms with E-state index in [2.05, 4.69) is 21.0 Å². The molecule has 7 nitrogen and oxygen atoms in total. The first kappa shape index (κ1) is 20.6. The number of benzene rings is 2. The molecule has 0 atom stereocenters. The van der Waals surface area contributed by atoms with Crippen molar-refractivity contribution in [1.29, 1.82) is 0 Å². The summed E-state index contributed by atoms with van der Waals surface area (Å²) < 4.78 is 15.9. The third kappa shape index (κ3) is 4.28. The van der Waals surface area contributed by atoms with E-state index in [0.29, 0.717) is 23.5 Å². The highest BCUT2D eigenvalue weighted by Gasteiger charge is 2.28. The first-order valence-corrected chi connectivity index (χ1v) is 10.3. The van der Waals surface area contributed by atoms with E-state index in [1.54, 1.807) is 42.5 Å². The van der Waals surface area contributed by atoms with Crippen LogP contribution >= 0.6 is 0 Å². The largest absolute Gasteiger partial charge is 0.336 e. The maximum absolute atomic E-state index is 14.4. The number of para-hydroxylation sites is 3. The van der Waals surface area contributed by atoms with E-state index in [1.807, 2.05) is 13.8 Å². The lowest BCUT2D eigenvalue weighted by Crippen LogP contribution is -2.34. The molecule has 0 saturated carbocycles. The maximum atomic E-state index is 14.4. The van der Waals surface area contributed by atoms with Crippen LogP contribution in [0.5, 0.6) is 0 Å². The van der Waals surface area contributed by atoms with Crippen LogP contribution in [-0.2, 0) is 12.8 Å². The third-order valence-corrected chi connectivity index (χ3v) is 5.07. The van der Waals surface area contributed by atoms with Gasteiger partial charge >= 0.3 is 6.03 Å². The topological polar surface area (TPSA) is 88.1 Å². The molecule has 0 bridgehead atoms. The number of hydrogen-bond donors (Lipinski definition) is 3. The Labute approximate surface area is 179 Å². The lowest BCUT2D eigenvalue weighted by atomic mass is 10.2. The van der Waals surface area contributed by atoms with Crippen LogP contribution in [0.2, 0.25) is 0 Å². The lowest BCUT2D eigenvalue weighted by molar-refractivity contribution is 0.102. The standard InChI is InChI=1S/C23H24FN5O2/c1-14(2)25-23(31)27-18-11-5-4-10-17(18)26-22(30)21-15-8-7-13-19(15)29(28-21)20-12-6-3-9-16(20)24/h3-6,9-12,14H,7-8,13H2,1-2H3,(H,26,30)(H2,25,27,31). The van der Waals surface area contributed by atoms with Gasteiger partial charge in [0, 0.05) is 17.3 Å². The molecule has 1 aliphatic rings. The highest BCUT2D eigenvalue weighted by atomic mass is 19.1. The molecule has 0 aliphatic heterocycles. The summed E-state index contributed by atoms with van der Waals surface area (Å²) in [6.07, 6.45) is 2.33. The van der Waals surface area contributed by atoms with Crippen LogP contribution in [0.4, 0.5) is 20.6 Å². The zero-order chi connectivity index (χ0) is 22.0. The number of carbonyl (C=O) groups excluding carboxylic acids is 2. The number of anilines is 2. The number of fused-ring (bicyclic) bond motifs is 1. The Morgan fingerprint density at radius 1 is 1.00 bits per heavy atom. The molecule has 0 unspecified atom stereocenters. The summed E-state index contributed by atoms with van der Waals surface area (Å²) in [5, 5.41) is 12.8. The van der Waals surface area contributed by atoms with Crippen molar-refractivity contribution < 1.29 is 14.0 Å². The Balaban J connectivity index is 1.62. The Hall–Kier alpha value is -3.68. The minimum Gasteiger partial charge on any atom is -0.336 e. The zero-order valence-electron chi connectivity index (χ0n) is 17.4. The summed E-state index contributed by atoms with van der Waals surface area (Å²) in [5.74, 6) is -0.788. The molecule has 1 aliphatic carbocycles. The van der Waals surface area contributed by atoms with Gasteiger partial charge in [-0.15, -0.1) is 0 Å². The number of amides is 3. The molecule has 4 rings (SSSR count). The van der Waals surface area contributed by atoms with Gasteiger partial charge in [-0.3, -0.25) is 4.79 Å². The van der Waals surface area contributed by atoms with Crippen molar-refractivity contribution in [2.45, 2.75) is 39.2 Å². The van der Waals surface area contributed by atoms with Gasteiger partial charge in [-0.05, 0) is 57.4 Å². The van der Waals surface area contributed by atoms with Crippen LogP contribution in [0.15, 0.2) is 48.5 Å². The van der Waals surface area contributed by atoms with E-state index in [9.17, 15) is 14.0 Å².